The Morgan fingerprint density at radius 1 is 1.29 bits per heavy atom. The van der Waals surface area contributed by atoms with Gasteiger partial charge in [0.1, 0.15) is 5.52 Å². The number of thiazole rings is 1. The molecule has 148 valence electrons. The lowest BCUT2D eigenvalue weighted by Crippen LogP contribution is -2.26. The lowest BCUT2D eigenvalue weighted by atomic mass is 9.93. The highest BCUT2D eigenvalue weighted by atomic mass is 32.1. The van der Waals surface area contributed by atoms with Gasteiger partial charge in [0, 0.05) is 13.3 Å². The second-order valence-electron chi connectivity index (χ2n) is 6.90. The monoisotopic (exact) mass is 401 g/mol. The number of pyridine rings is 1. The molecule has 3 aromatic heterocycles. The Bertz CT molecular complexity index is 948. The van der Waals surface area contributed by atoms with Crippen LogP contribution < -0.4 is 5.73 Å². The van der Waals surface area contributed by atoms with E-state index in [4.69, 9.17) is 15.2 Å². The zero-order valence-electron chi connectivity index (χ0n) is 15.7. The molecule has 4 rings (SSSR count). The molecule has 0 bridgehead atoms. The fourth-order valence-corrected chi connectivity index (χ4v) is 4.33. The van der Waals surface area contributed by atoms with Crippen molar-refractivity contribution in [1.82, 2.24) is 19.7 Å². The second-order valence-corrected chi connectivity index (χ2v) is 7.79. The molecule has 0 saturated heterocycles. The van der Waals surface area contributed by atoms with Crippen molar-refractivity contribution in [3.05, 3.63) is 29.5 Å². The Morgan fingerprint density at radius 3 is 2.79 bits per heavy atom. The highest BCUT2D eigenvalue weighted by Crippen LogP contribution is 2.34. The molecule has 0 aromatic carbocycles. The van der Waals surface area contributed by atoms with Crippen LogP contribution in [0.3, 0.4) is 0 Å². The van der Waals surface area contributed by atoms with E-state index < -0.39 is 5.91 Å². The number of rotatable bonds is 7. The quantitative estimate of drug-likeness (QED) is 0.610. The summed E-state index contributed by atoms with van der Waals surface area (Å²) in [5, 5.41) is 4.56. The van der Waals surface area contributed by atoms with Crippen LogP contribution in [0.4, 0.5) is 0 Å². The molecule has 0 spiro atoms. The largest absolute Gasteiger partial charge is 0.382 e. The van der Waals surface area contributed by atoms with E-state index in [0.717, 1.165) is 30.6 Å². The molecule has 1 saturated carbocycles. The van der Waals surface area contributed by atoms with Crippen LogP contribution >= 0.6 is 11.3 Å². The van der Waals surface area contributed by atoms with Gasteiger partial charge < -0.3 is 15.2 Å². The molecule has 3 heterocycles. The second kappa shape index (κ2) is 8.34. The average molecular weight is 401 g/mol. The van der Waals surface area contributed by atoms with Gasteiger partial charge in [0.25, 0.3) is 5.91 Å². The van der Waals surface area contributed by atoms with Crippen LogP contribution in [0.15, 0.2) is 24.0 Å². The molecule has 0 unspecified atom stereocenters. The topological polar surface area (TPSA) is 105 Å². The van der Waals surface area contributed by atoms with Gasteiger partial charge in [-0.25, -0.2) is 4.98 Å². The van der Waals surface area contributed by atoms with Gasteiger partial charge in [0.05, 0.1) is 58.7 Å². The Kier molecular flexibility index (Phi) is 5.65. The number of primary amides is 1. The number of methoxy groups -OCH3 is 1. The van der Waals surface area contributed by atoms with E-state index in [1.165, 1.54) is 11.3 Å². The molecular formula is C19H23N5O3S. The lowest BCUT2D eigenvalue weighted by molar-refractivity contribution is -0.00690. The van der Waals surface area contributed by atoms with Gasteiger partial charge in [0.15, 0.2) is 0 Å². The van der Waals surface area contributed by atoms with Crippen LogP contribution in [0.1, 0.15) is 42.1 Å². The van der Waals surface area contributed by atoms with Gasteiger partial charge in [-0.3, -0.25) is 14.5 Å². The number of nitrogens with two attached hydrogens (primary N) is 1. The fraction of sp³-hybridized carbons (Fsp3) is 0.474. The van der Waals surface area contributed by atoms with Crippen molar-refractivity contribution < 1.29 is 14.3 Å². The first-order valence-corrected chi connectivity index (χ1v) is 10.2. The fourth-order valence-electron chi connectivity index (χ4n) is 3.75. The third-order valence-electron chi connectivity index (χ3n) is 5.13. The van der Waals surface area contributed by atoms with E-state index >= 15 is 0 Å². The summed E-state index contributed by atoms with van der Waals surface area (Å²) in [7, 11) is 1.67. The van der Waals surface area contributed by atoms with Crippen molar-refractivity contribution in [2.45, 2.75) is 37.8 Å². The first-order chi connectivity index (χ1) is 13.7. The van der Waals surface area contributed by atoms with Gasteiger partial charge in [-0.1, -0.05) is 0 Å². The predicted molar refractivity (Wildman–Crippen MR) is 106 cm³/mol. The van der Waals surface area contributed by atoms with E-state index in [2.05, 4.69) is 15.1 Å². The molecule has 0 radical (unpaired) electrons. The number of hydrogen-bond donors (Lipinski definition) is 1. The van der Waals surface area contributed by atoms with E-state index in [0.29, 0.717) is 35.5 Å². The SMILES string of the molecule is COCCOC1CCC(n2ncc3nc(-c4cncs4)cc(C(N)=O)c32)CC1. The van der Waals surface area contributed by atoms with Crippen molar-refractivity contribution in [2.75, 3.05) is 20.3 Å². The summed E-state index contributed by atoms with van der Waals surface area (Å²) in [6.45, 7) is 1.23. The molecule has 28 heavy (non-hydrogen) atoms. The number of amides is 1. The van der Waals surface area contributed by atoms with Crippen LogP contribution in [0.2, 0.25) is 0 Å². The predicted octanol–water partition coefficient (Wildman–Crippen LogP) is 2.80. The summed E-state index contributed by atoms with van der Waals surface area (Å²) in [5.74, 6) is -0.475. The van der Waals surface area contributed by atoms with Gasteiger partial charge in [-0.15, -0.1) is 11.3 Å². The van der Waals surface area contributed by atoms with Gasteiger partial charge in [0.2, 0.25) is 0 Å². The van der Waals surface area contributed by atoms with Crippen LogP contribution in [-0.2, 0) is 9.47 Å². The summed E-state index contributed by atoms with van der Waals surface area (Å²) in [4.78, 5) is 21.8. The Labute approximate surface area is 166 Å². The number of fused-ring (bicyclic) bond motifs is 1. The smallest absolute Gasteiger partial charge is 0.251 e. The number of aromatic nitrogens is 4. The van der Waals surface area contributed by atoms with Crippen LogP contribution in [0, 0.1) is 0 Å². The maximum Gasteiger partial charge on any atom is 0.251 e. The number of nitrogens with zero attached hydrogens (tertiary/aromatic N) is 4. The summed E-state index contributed by atoms with van der Waals surface area (Å²) in [5.41, 5.74) is 9.97. The maximum absolute atomic E-state index is 12.2. The van der Waals surface area contributed by atoms with Crippen LogP contribution in [0.25, 0.3) is 21.6 Å². The van der Waals surface area contributed by atoms with E-state index in [9.17, 15) is 4.79 Å². The minimum absolute atomic E-state index is 0.203. The van der Waals surface area contributed by atoms with E-state index in [1.54, 1.807) is 31.1 Å². The minimum atomic E-state index is -0.475. The maximum atomic E-state index is 12.2. The minimum Gasteiger partial charge on any atom is -0.382 e. The Hall–Kier alpha value is -2.36. The van der Waals surface area contributed by atoms with Crippen molar-refractivity contribution in [3.63, 3.8) is 0 Å². The molecule has 1 amide bonds. The molecule has 3 aromatic rings. The number of carbonyl (C=O) groups is 1. The average Bonchev–Trinajstić information content (AvgIpc) is 3.38. The van der Waals surface area contributed by atoms with Crippen molar-refractivity contribution in [3.8, 4) is 10.6 Å². The zero-order valence-corrected chi connectivity index (χ0v) is 16.5. The van der Waals surface area contributed by atoms with Gasteiger partial charge in [-0.05, 0) is 31.7 Å². The first-order valence-electron chi connectivity index (χ1n) is 9.35. The molecule has 9 heteroatoms. The molecular weight excluding hydrogens is 378 g/mol. The summed E-state index contributed by atoms with van der Waals surface area (Å²) >= 11 is 1.47. The molecule has 1 fully saturated rings. The molecule has 2 N–H and O–H groups in total. The highest BCUT2D eigenvalue weighted by Gasteiger charge is 2.26. The molecule has 0 aliphatic heterocycles. The van der Waals surface area contributed by atoms with E-state index in [1.807, 2.05) is 4.68 Å². The zero-order chi connectivity index (χ0) is 19.5. The molecule has 1 aliphatic carbocycles. The first kappa shape index (κ1) is 19.0. The number of ether oxygens (including phenoxy) is 2. The molecule has 8 nitrogen and oxygen atoms in total. The third-order valence-corrected chi connectivity index (χ3v) is 5.93. The van der Waals surface area contributed by atoms with Crippen molar-refractivity contribution in [2.24, 2.45) is 5.73 Å². The van der Waals surface area contributed by atoms with Crippen molar-refractivity contribution >= 4 is 28.3 Å². The van der Waals surface area contributed by atoms with Crippen LogP contribution in [-0.4, -0.2) is 52.1 Å². The normalized spacial score (nSPS) is 19.9. The number of carbonyl (C=O) groups excluding carboxylic acids is 1. The lowest BCUT2D eigenvalue weighted by Gasteiger charge is -2.29. The standard InChI is InChI=1S/C19H23N5O3S/c1-26-6-7-27-13-4-2-12(3-5-13)24-18-14(19(20)25)8-15(17-10-21-11-28-17)23-16(18)9-22-24/h8-13H,2-7H2,1H3,(H2,20,25). The number of hydrogen-bond acceptors (Lipinski definition) is 7. The highest BCUT2D eigenvalue weighted by molar-refractivity contribution is 7.13. The van der Waals surface area contributed by atoms with Crippen LogP contribution in [0.5, 0.6) is 0 Å². The summed E-state index contributed by atoms with van der Waals surface area (Å²) in [6, 6.07) is 1.95. The van der Waals surface area contributed by atoms with Gasteiger partial charge >= 0.3 is 0 Å². The van der Waals surface area contributed by atoms with Gasteiger partial charge in [-0.2, -0.15) is 5.10 Å². The summed E-state index contributed by atoms with van der Waals surface area (Å²) in [6.07, 6.45) is 7.47. The Balaban J connectivity index is 1.60. The Morgan fingerprint density at radius 2 is 2.11 bits per heavy atom. The van der Waals surface area contributed by atoms with E-state index in [-0.39, 0.29) is 12.1 Å². The molecule has 1 aliphatic rings. The third kappa shape index (κ3) is 3.78. The van der Waals surface area contributed by atoms with Crippen molar-refractivity contribution in [1.29, 1.82) is 0 Å². The molecule has 0 atom stereocenters. The summed E-state index contributed by atoms with van der Waals surface area (Å²) < 4.78 is 12.8.